The number of hydrogen-bond acceptors (Lipinski definition) is 3. The lowest BCUT2D eigenvalue weighted by Crippen LogP contribution is -2.20. The van der Waals surface area contributed by atoms with E-state index < -0.39 is 5.91 Å². The molecule has 2 aromatic carbocycles. The van der Waals surface area contributed by atoms with E-state index in [4.69, 9.17) is 0 Å². The van der Waals surface area contributed by atoms with Crippen molar-refractivity contribution < 1.29 is 9.90 Å². The zero-order chi connectivity index (χ0) is 14.4. The van der Waals surface area contributed by atoms with Gasteiger partial charge in [-0.1, -0.05) is 49.4 Å². The minimum atomic E-state index is -0.426. The van der Waals surface area contributed by atoms with Crippen molar-refractivity contribution in [2.75, 3.05) is 0 Å². The third kappa shape index (κ3) is 3.23. The number of para-hydroxylation sites is 1. The van der Waals surface area contributed by atoms with Gasteiger partial charge < -0.3 is 5.11 Å². The molecule has 102 valence electrons. The number of nitrogens with zero attached hydrogens (tertiary/aromatic N) is 1. The Balaban J connectivity index is 2.16. The first-order valence-electron chi connectivity index (χ1n) is 6.42. The highest BCUT2D eigenvalue weighted by molar-refractivity contribution is 6.02. The van der Waals surface area contributed by atoms with Crippen molar-refractivity contribution in [3.8, 4) is 5.75 Å². The quantitative estimate of drug-likeness (QED) is 0.661. The van der Waals surface area contributed by atoms with Crippen LogP contribution in [0.3, 0.4) is 0 Å². The molecule has 2 N–H and O–H groups in total. The van der Waals surface area contributed by atoms with Crippen LogP contribution in [-0.2, 0) is 0 Å². The van der Waals surface area contributed by atoms with Crippen LogP contribution >= 0.6 is 0 Å². The molecule has 0 radical (unpaired) electrons. The van der Waals surface area contributed by atoms with Gasteiger partial charge in [0.1, 0.15) is 5.75 Å². The fourth-order valence-electron chi connectivity index (χ4n) is 1.82. The minimum Gasteiger partial charge on any atom is -0.507 e. The first-order chi connectivity index (χ1) is 9.72. The average molecular weight is 268 g/mol. The van der Waals surface area contributed by atoms with E-state index in [0.717, 1.165) is 11.3 Å². The van der Waals surface area contributed by atoms with Crippen LogP contribution in [0.2, 0.25) is 0 Å². The Kier molecular flexibility index (Phi) is 4.50. The number of hydrazone groups is 1. The van der Waals surface area contributed by atoms with Crippen molar-refractivity contribution in [2.45, 2.75) is 13.3 Å². The first-order valence-corrected chi connectivity index (χ1v) is 6.42. The molecule has 2 aromatic rings. The lowest BCUT2D eigenvalue weighted by atomic mass is 10.1. The predicted molar refractivity (Wildman–Crippen MR) is 78.8 cm³/mol. The zero-order valence-electron chi connectivity index (χ0n) is 11.2. The number of hydrogen-bond donors (Lipinski definition) is 2. The number of rotatable bonds is 4. The summed E-state index contributed by atoms with van der Waals surface area (Å²) >= 11 is 0. The van der Waals surface area contributed by atoms with Gasteiger partial charge >= 0.3 is 0 Å². The molecule has 1 amide bonds. The van der Waals surface area contributed by atoms with E-state index in [1.807, 2.05) is 37.3 Å². The average Bonchev–Trinajstić information content (AvgIpc) is 2.49. The standard InChI is InChI=1S/C16H16N2O2/c1-2-14(12-8-4-3-5-9-12)17-18-16(20)13-10-6-7-11-15(13)19/h3-11,19H,2H2,1H3,(H,18,20)/b17-14-. The highest BCUT2D eigenvalue weighted by atomic mass is 16.3. The van der Waals surface area contributed by atoms with E-state index in [-0.39, 0.29) is 11.3 Å². The fourth-order valence-corrected chi connectivity index (χ4v) is 1.82. The maximum Gasteiger partial charge on any atom is 0.275 e. The molecular weight excluding hydrogens is 252 g/mol. The number of aromatic hydroxyl groups is 1. The summed E-state index contributed by atoms with van der Waals surface area (Å²) in [4.78, 5) is 11.9. The first kappa shape index (κ1) is 13.8. The third-order valence-electron chi connectivity index (χ3n) is 2.88. The van der Waals surface area contributed by atoms with Crippen molar-refractivity contribution in [2.24, 2.45) is 5.10 Å². The van der Waals surface area contributed by atoms with Gasteiger partial charge in [-0.05, 0) is 24.1 Å². The molecule has 0 saturated carbocycles. The number of phenols is 1. The van der Waals surface area contributed by atoms with Gasteiger partial charge in [0.2, 0.25) is 0 Å². The van der Waals surface area contributed by atoms with Gasteiger partial charge in [-0.2, -0.15) is 5.10 Å². The van der Waals surface area contributed by atoms with Crippen LogP contribution in [0.25, 0.3) is 0 Å². The minimum absolute atomic E-state index is 0.0574. The fraction of sp³-hybridized carbons (Fsp3) is 0.125. The van der Waals surface area contributed by atoms with E-state index >= 15 is 0 Å². The van der Waals surface area contributed by atoms with E-state index in [1.165, 1.54) is 6.07 Å². The second kappa shape index (κ2) is 6.52. The SMILES string of the molecule is CC/C(=N/NC(=O)c1ccccc1O)c1ccccc1. The van der Waals surface area contributed by atoms with Crippen molar-refractivity contribution in [3.63, 3.8) is 0 Å². The van der Waals surface area contributed by atoms with Gasteiger partial charge in [-0.15, -0.1) is 0 Å². The van der Waals surface area contributed by atoms with Crippen LogP contribution in [0.4, 0.5) is 0 Å². The molecule has 4 heteroatoms. The van der Waals surface area contributed by atoms with E-state index in [9.17, 15) is 9.90 Å². The molecule has 20 heavy (non-hydrogen) atoms. The molecule has 0 heterocycles. The molecule has 0 aromatic heterocycles. The Hall–Kier alpha value is -2.62. The second-order valence-corrected chi connectivity index (χ2v) is 4.24. The summed E-state index contributed by atoms with van der Waals surface area (Å²) in [6, 6.07) is 16.0. The maximum atomic E-state index is 11.9. The number of amides is 1. The van der Waals surface area contributed by atoms with Crippen molar-refractivity contribution in [3.05, 3.63) is 65.7 Å². The van der Waals surface area contributed by atoms with Gasteiger partial charge in [-0.25, -0.2) is 5.43 Å². The smallest absolute Gasteiger partial charge is 0.275 e. The molecule has 2 rings (SSSR count). The van der Waals surface area contributed by atoms with Crippen LogP contribution in [0.15, 0.2) is 59.7 Å². The van der Waals surface area contributed by atoms with Crippen LogP contribution < -0.4 is 5.43 Å². The van der Waals surface area contributed by atoms with Crippen LogP contribution in [0, 0.1) is 0 Å². The van der Waals surface area contributed by atoms with Crippen molar-refractivity contribution in [1.82, 2.24) is 5.43 Å². The molecule has 0 aliphatic carbocycles. The highest BCUT2D eigenvalue weighted by Gasteiger charge is 2.09. The molecule has 0 atom stereocenters. The monoisotopic (exact) mass is 268 g/mol. The number of carbonyl (C=O) groups excluding carboxylic acids is 1. The van der Waals surface area contributed by atoms with Gasteiger partial charge in [0.15, 0.2) is 0 Å². The maximum absolute atomic E-state index is 11.9. The topological polar surface area (TPSA) is 61.7 Å². The molecule has 0 unspecified atom stereocenters. The van der Waals surface area contributed by atoms with Gasteiger partial charge in [-0.3, -0.25) is 4.79 Å². The lowest BCUT2D eigenvalue weighted by Gasteiger charge is -2.06. The Labute approximate surface area is 117 Å². The lowest BCUT2D eigenvalue weighted by molar-refractivity contribution is 0.0952. The van der Waals surface area contributed by atoms with Crippen LogP contribution in [0.5, 0.6) is 5.75 Å². The number of carbonyl (C=O) groups is 1. The Morgan fingerprint density at radius 3 is 2.40 bits per heavy atom. The molecule has 0 saturated heterocycles. The Morgan fingerprint density at radius 1 is 1.10 bits per heavy atom. The van der Waals surface area contributed by atoms with Crippen molar-refractivity contribution in [1.29, 1.82) is 0 Å². The zero-order valence-corrected chi connectivity index (χ0v) is 11.2. The van der Waals surface area contributed by atoms with Gasteiger partial charge in [0.25, 0.3) is 5.91 Å². The number of nitrogens with one attached hydrogen (secondary N) is 1. The summed E-state index contributed by atoms with van der Waals surface area (Å²) in [7, 11) is 0. The summed E-state index contributed by atoms with van der Waals surface area (Å²) in [5.41, 5.74) is 4.44. The van der Waals surface area contributed by atoms with Gasteiger partial charge in [0.05, 0.1) is 11.3 Å². The predicted octanol–water partition coefficient (Wildman–Crippen LogP) is 2.94. The van der Waals surface area contributed by atoms with Crippen LogP contribution in [-0.4, -0.2) is 16.7 Å². The van der Waals surface area contributed by atoms with Crippen molar-refractivity contribution >= 4 is 11.6 Å². The summed E-state index contributed by atoms with van der Waals surface area (Å²) in [6.45, 7) is 1.97. The number of phenolic OH excluding ortho intramolecular Hbond substituents is 1. The molecule has 0 spiro atoms. The van der Waals surface area contributed by atoms with E-state index in [1.54, 1.807) is 18.2 Å². The second-order valence-electron chi connectivity index (χ2n) is 4.24. The highest BCUT2D eigenvalue weighted by Crippen LogP contribution is 2.15. The summed E-state index contributed by atoms with van der Waals surface area (Å²) < 4.78 is 0. The summed E-state index contributed by atoms with van der Waals surface area (Å²) in [5.74, 6) is -0.483. The molecule has 4 nitrogen and oxygen atoms in total. The molecule has 0 aliphatic heterocycles. The molecule has 0 bridgehead atoms. The summed E-state index contributed by atoms with van der Waals surface area (Å²) in [5, 5.41) is 13.7. The summed E-state index contributed by atoms with van der Waals surface area (Å²) in [6.07, 6.45) is 0.699. The third-order valence-corrected chi connectivity index (χ3v) is 2.88. The Morgan fingerprint density at radius 2 is 1.75 bits per heavy atom. The van der Waals surface area contributed by atoms with Gasteiger partial charge in [0, 0.05) is 0 Å². The molecule has 0 aliphatic rings. The van der Waals surface area contributed by atoms with E-state index in [0.29, 0.717) is 6.42 Å². The number of benzene rings is 2. The van der Waals surface area contributed by atoms with Crippen LogP contribution in [0.1, 0.15) is 29.3 Å². The normalized spacial score (nSPS) is 11.2. The molecule has 0 fully saturated rings. The molecular formula is C16H16N2O2. The largest absolute Gasteiger partial charge is 0.507 e. The van der Waals surface area contributed by atoms with E-state index in [2.05, 4.69) is 10.5 Å². The Bertz CT molecular complexity index is 621.